The Balaban J connectivity index is 2.11. The van der Waals surface area contributed by atoms with E-state index in [0.29, 0.717) is 4.32 Å². The van der Waals surface area contributed by atoms with E-state index in [2.05, 4.69) is 15.9 Å². The summed E-state index contributed by atoms with van der Waals surface area (Å²) in [5.74, 6) is 1.83. The molecule has 0 aromatic carbocycles. The van der Waals surface area contributed by atoms with Crippen LogP contribution >= 0.6 is 15.9 Å². The van der Waals surface area contributed by atoms with Crippen molar-refractivity contribution in [3.8, 4) is 0 Å². The maximum Gasteiger partial charge on any atom is 0.0258 e. The number of rotatable bonds is 0. The van der Waals surface area contributed by atoms with Gasteiger partial charge >= 0.3 is 0 Å². The van der Waals surface area contributed by atoms with E-state index in [0.717, 1.165) is 0 Å². The van der Waals surface area contributed by atoms with Crippen molar-refractivity contribution in [1.82, 2.24) is 0 Å². The highest BCUT2D eigenvalue weighted by atomic mass is 79.9. The summed E-state index contributed by atoms with van der Waals surface area (Å²) in [6.07, 6.45) is 8.44. The van der Waals surface area contributed by atoms with Crippen molar-refractivity contribution in [2.45, 2.75) is 42.8 Å². The fourth-order valence-electron chi connectivity index (χ4n) is 1.95. The monoisotopic (exact) mass is 187 g/mol. The van der Waals surface area contributed by atoms with Gasteiger partial charge in [0, 0.05) is 4.32 Å². The van der Waals surface area contributed by atoms with Gasteiger partial charge in [0.25, 0.3) is 0 Å². The normalized spacial score (nSPS) is 33.0. The number of hydrogen-bond donors (Lipinski definition) is 0. The van der Waals surface area contributed by atoms with E-state index in [1.807, 2.05) is 5.92 Å². The number of halogens is 1. The highest BCUT2D eigenvalue weighted by Crippen LogP contribution is 2.50. The molecule has 0 spiro atoms. The predicted molar refractivity (Wildman–Crippen MR) is 42.6 cm³/mol. The molecule has 1 heteroatoms. The van der Waals surface area contributed by atoms with E-state index in [-0.39, 0.29) is 0 Å². The van der Waals surface area contributed by atoms with Crippen molar-refractivity contribution in [3.05, 3.63) is 5.92 Å². The van der Waals surface area contributed by atoms with Crippen LogP contribution in [0.15, 0.2) is 0 Å². The van der Waals surface area contributed by atoms with Gasteiger partial charge in [0.05, 0.1) is 0 Å². The van der Waals surface area contributed by atoms with E-state index in [9.17, 15) is 0 Å². The first-order valence-electron chi connectivity index (χ1n) is 3.81. The van der Waals surface area contributed by atoms with Crippen LogP contribution in [0, 0.1) is 5.92 Å². The van der Waals surface area contributed by atoms with Gasteiger partial charge in [-0.1, -0.05) is 15.9 Å². The fourth-order valence-corrected chi connectivity index (χ4v) is 2.55. The van der Waals surface area contributed by atoms with E-state index in [4.69, 9.17) is 0 Å². The molecule has 0 N–H and O–H groups in total. The van der Waals surface area contributed by atoms with Gasteiger partial charge in [-0.3, -0.25) is 0 Å². The second kappa shape index (κ2) is 1.98. The molecule has 3 rings (SSSR count). The van der Waals surface area contributed by atoms with Crippen LogP contribution in [0.5, 0.6) is 0 Å². The SMILES string of the molecule is BrC12CC[C](CC1)CC2. The summed E-state index contributed by atoms with van der Waals surface area (Å²) in [5.41, 5.74) is 0. The summed E-state index contributed by atoms with van der Waals surface area (Å²) in [5, 5.41) is 0. The largest absolute Gasteiger partial charge is 0.0853 e. The number of hydrogen-bond acceptors (Lipinski definition) is 0. The van der Waals surface area contributed by atoms with E-state index < -0.39 is 0 Å². The van der Waals surface area contributed by atoms with E-state index in [1.165, 1.54) is 38.5 Å². The maximum atomic E-state index is 3.82. The Labute approximate surface area is 65.1 Å². The molecule has 0 saturated heterocycles. The van der Waals surface area contributed by atoms with Gasteiger partial charge in [-0.25, -0.2) is 0 Å². The molecule has 2 bridgehead atoms. The molecule has 0 aromatic heterocycles. The highest BCUT2D eigenvalue weighted by Gasteiger charge is 2.38. The zero-order chi connectivity index (χ0) is 6.32. The lowest BCUT2D eigenvalue weighted by Gasteiger charge is -2.42. The summed E-state index contributed by atoms with van der Waals surface area (Å²) < 4.78 is 0.578. The van der Waals surface area contributed by atoms with Crippen LogP contribution in [-0.2, 0) is 0 Å². The van der Waals surface area contributed by atoms with Crippen LogP contribution < -0.4 is 0 Å². The second-order valence-corrected chi connectivity index (χ2v) is 5.08. The lowest BCUT2D eigenvalue weighted by molar-refractivity contribution is 0.326. The molecule has 0 aromatic rings. The van der Waals surface area contributed by atoms with Crippen LogP contribution in [-0.4, -0.2) is 4.32 Å². The first-order valence-corrected chi connectivity index (χ1v) is 4.60. The van der Waals surface area contributed by atoms with Crippen molar-refractivity contribution in [2.75, 3.05) is 0 Å². The molecule has 3 aliphatic rings. The number of fused-ring (bicyclic) bond motifs is 3. The molecule has 3 aliphatic carbocycles. The van der Waals surface area contributed by atoms with Crippen LogP contribution in [0.2, 0.25) is 0 Å². The predicted octanol–water partition coefficient (Wildman–Crippen LogP) is 3.06. The Morgan fingerprint density at radius 2 is 1.44 bits per heavy atom. The van der Waals surface area contributed by atoms with Crippen LogP contribution in [0.4, 0.5) is 0 Å². The average Bonchev–Trinajstić information content (AvgIpc) is 1.90. The first kappa shape index (κ1) is 6.21. The Bertz CT molecular complexity index is 98.0. The summed E-state index contributed by atoms with van der Waals surface area (Å²) in [7, 11) is 0. The minimum atomic E-state index is 0.578. The Morgan fingerprint density at radius 3 is 1.67 bits per heavy atom. The van der Waals surface area contributed by atoms with Gasteiger partial charge in [0.2, 0.25) is 0 Å². The van der Waals surface area contributed by atoms with Gasteiger partial charge in [0.1, 0.15) is 0 Å². The van der Waals surface area contributed by atoms with Gasteiger partial charge in [-0.15, -0.1) is 0 Å². The average molecular weight is 188 g/mol. The minimum Gasteiger partial charge on any atom is -0.0853 e. The van der Waals surface area contributed by atoms with Gasteiger partial charge < -0.3 is 0 Å². The van der Waals surface area contributed by atoms with Crippen LogP contribution in [0.3, 0.4) is 0 Å². The zero-order valence-corrected chi connectivity index (χ0v) is 7.21. The second-order valence-electron chi connectivity index (χ2n) is 3.40. The smallest absolute Gasteiger partial charge is 0.0258 e. The maximum absolute atomic E-state index is 3.82. The zero-order valence-electron chi connectivity index (χ0n) is 5.62. The molecular weight excluding hydrogens is 176 g/mol. The highest BCUT2D eigenvalue weighted by molar-refractivity contribution is 9.10. The standard InChI is InChI=1S/C8H12Br/c9-8-4-1-7(2-5-8)3-6-8/h1-6H2. The lowest BCUT2D eigenvalue weighted by Crippen LogP contribution is -2.33. The molecule has 0 atom stereocenters. The first-order chi connectivity index (χ1) is 4.29. The van der Waals surface area contributed by atoms with Gasteiger partial charge in [0.15, 0.2) is 0 Å². The Kier molecular flexibility index (Phi) is 1.37. The molecule has 0 amide bonds. The van der Waals surface area contributed by atoms with Crippen LogP contribution in [0.1, 0.15) is 38.5 Å². The van der Waals surface area contributed by atoms with Gasteiger partial charge in [-0.2, -0.15) is 0 Å². The van der Waals surface area contributed by atoms with Crippen molar-refractivity contribution in [1.29, 1.82) is 0 Å². The van der Waals surface area contributed by atoms with Crippen molar-refractivity contribution < 1.29 is 0 Å². The molecule has 0 nitrogen and oxygen atoms in total. The Morgan fingerprint density at radius 1 is 1.00 bits per heavy atom. The van der Waals surface area contributed by atoms with Crippen molar-refractivity contribution in [2.24, 2.45) is 0 Å². The van der Waals surface area contributed by atoms with E-state index in [1.54, 1.807) is 0 Å². The molecule has 0 unspecified atom stereocenters. The summed E-state index contributed by atoms with van der Waals surface area (Å²) in [6, 6.07) is 0. The molecule has 3 fully saturated rings. The summed E-state index contributed by atoms with van der Waals surface area (Å²) in [6.45, 7) is 0. The quantitative estimate of drug-likeness (QED) is 0.512. The minimum absolute atomic E-state index is 0.578. The number of alkyl halides is 1. The Hall–Kier alpha value is 0.480. The third-order valence-electron chi connectivity index (χ3n) is 2.78. The van der Waals surface area contributed by atoms with Crippen LogP contribution in [0.25, 0.3) is 0 Å². The molecule has 9 heavy (non-hydrogen) atoms. The third kappa shape index (κ3) is 1.04. The lowest BCUT2D eigenvalue weighted by atomic mass is 9.71. The van der Waals surface area contributed by atoms with Gasteiger partial charge in [-0.05, 0) is 44.4 Å². The molecule has 1 radical (unpaired) electrons. The molecule has 0 heterocycles. The third-order valence-corrected chi connectivity index (χ3v) is 3.97. The summed E-state index contributed by atoms with van der Waals surface area (Å²) in [4.78, 5) is 0. The molecule has 51 valence electrons. The topological polar surface area (TPSA) is 0 Å². The van der Waals surface area contributed by atoms with Crippen molar-refractivity contribution in [3.63, 3.8) is 0 Å². The molecular formula is C8H12Br. The fraction of sp³-hybridized carbons (Fsp3) is 0.875. The molecule has 0 aliphatic heterocycles. The van der Waals surface area contributed by atoms with E-state index >= 15 is 0 Å². The van der Waals surface area contributed by atoms with Crippen molar-refractivity contribution >= 4 is 15.9 Å². The molecule has 3 saturated carbocycles. The summed E-state index contributed by atoms with van der Waals surface area (Å²) >= 11 is 3.82.